The number of aromatic nitrogens is 2. The van der Waals surface area contributed by atoms with Crippen LogP contribution in [0, 0.1) is 17.2 Å². The molecule has 1 aromatic heterocycles. The molecule has 0 saturated heterocycles. The van der Waals surface area contributed by atoms with Crippen LogP contribution in [0.25, 0.3) is 0 Å². The average molecular weight is 441 g/mol. The van der Waals surface area contributed by atoms with Gasteiger partial charge in [-0.25, -0.2) is 0 Å². The number of nitrogens with one attached hydrogen (secondary N) is 2. The number of carbonyl (C=O) groups is 1. The first-order chi connectivity index (χ1) is 14.2. The van der Waals surface area contributed by atoms with Crippen molar-refractivity contribution in [1.29, 1.82) is 5.26 Å². The average Bonchev–Trinajstić information content (AvgIpc) is 3.11. The zero-order chi connectivity index (χ0) is 21.9. The quantitative estimate of drug-likeness (QED) is 0.633. The Morgan fingerprint density at radius 3 is 2.63 bits per heavy atom. The molecule has 1 fully saturated rings. The first-order valence-electron chi connectivity index (χ1n) is 9.27. The van der Waals surface area contributed by atoms with Crippen molar-refractivity contribution in [3.8, 4) is 6.07 Å². The molecule has 11 heteroatoms. The van der Waals surface area contributed by atoms with Gasteiger partial charge in [0.25, 0.3) is 5.91 Å². The first-order valence-corrected chi connectivity index (χ1v) is 9.65. The van der Waals surface area contributed by atoms with Gasteiger partial charge in [0.1, 0.15) is 5.56 Å². The SMILES string of the molecule is N#C[C@H]1C[C@@H](NCC(F)(F)F)CC[C@@H]1n1cc(C(N)=O)c(Nc2ccc(Cl)cc2)n1. The summed E-state index contributed by atoms with van der Waals surface area (Å²) in [5.74, 6) is -1.01. The van der Waals surface area contributed by atoms with Crippen molar-refractivity contribution < 1.29 is 18.0 Å². The van der Waals surface area contributed by atoms with E-state index in [-0.39, 0.29) is 23.8 Å². The lowest BCUT2D eigenvalue weighted by molar-refractivity contribution is -0.126. The second kappa shape index (κ2) is 8.93. The van der Waals surface area contributed by atoms with Gasteiger partial charge < -0.3 is 16.4 Å². The highest BCUT2D eigenvalue weighted by Crippen LogP contribution is 2.35. The van der Waals surface area contributed by atoms with Gasteiger partial charge in [0.05, 0.1) is 24.6 Å². The van der Waals surface area contributed by atoms with Gasteiger partial charge in [0.15, 0.2) is 5.82 Å². The van der Waals surface area contributed by atoms with Crippen LogP contribution in [-0.2, 0) is 0 Å². The highest BCUT2D eigenvalue weighted by atomic mass is 35.5. The zero-order valence-corrected chi connectivity index (χ0v) is 16.5. The fourth-order valence-corrected chi connectivity index (χ4v) is 3.69. The van der Waals surface area contributed by atoms with E-state index in [1.54, 1.807) is 24.3 Å². The molecule has 30 heavy (non-hydrogen) atoms. The van der Waals surface area contributed by atoms with Gasteiger partial charge in [-0.3, -0.25) is 9.48 Å². The summed E-state index contributed by atoms with van der Waals surface area (Å²) in [6.07, 6.45) is -1.69. The number of rotatable bonds is 6. The van der Waals surface area contributed by atoms with Crippen LogP contribution in [-0.4, -0.2) is 34.5 Å². The lowest BCUT2D eigenvalue weighted by Gasteiger charge is -2.33. The molecule has 2 aromatic rings. The standard InChI is InChI=1S/C19H20ClF3N6O/c20-12-1-3-13(4-2-12)27-18-15(17(25)30)9-29(28-18)16-6-5-14(7-11(16)8-24)26-10-19(21,22)23/h1-4,9,11,14,16,26H,5-7,10H2,(H2,25,30)(H,27,28)/t11-,14+,16+/m1/s1. The molecule has 1 aliphatic carbocycles. The van der Waals surface area contributed by atoms with Crippen molar-refractivity contribution in [2.75, 3.05) is 11.9 Å². The Morgan fingerprint density at radius 1 is 1.33 bits per heavy atom. The molecule has 0 unspecified atom stereocenters. The molecule has 0 spiro atoms. The van der Waals surface area contributed by atoms with E-state index in [1.165, 1.54) is 10.9 Å². The van der Waals surface area contributed by atoms with Crippen LogP contribution < -0.4 is 16.4 Å². The number of primary amides is 1. The molecular weight excluding hydrogens is 421 g/mol. The second-order valence-electron chi connectivity index (χ2n) is 7.18. The predicted octanol–water partition coefficient (Wildman–Crippen LogP) is 3.76. The predicted molar refractivity (Wildman–Crippen MR) is 105 cm³/mol. The number of hydrogen-bond donors (Lipinski definition) is 3. The molecule has 1 amide bonds. The number of benzene rings is 1. The minimum Gasteiger partial charge on any atom is -0.365 e. The van der Waals surface area contributed by atoms with E-state index in [0.717, 1.165) is 0 Å². The molecule has 1 heterocycles. The molecule has 160 valence electrons. The van der Waals surface area contributed by atoms with E-state index in [0.29, 0.717) is 23.6 Å². The smallest absolute Gasteiger partial charge is 0.365 e. The molecule has 3 rings (SSSR count). The fraction of sp³-hybridized carbons (Fsp3) is 0.421. The monoisotopic (exact) mass is 440 g/mol. The summed E-state index contributed by atoms with van der Waals surface area (Å²) in [4.78, 5) is 11.9. The number of carbonyl (C=O) groups excluding carboxylic acids is 1. The number of halogens is 4. The van der Waals surface area contributed by atoms with Crippen LogP contribution in [0.2, 0.25) is 5.02 Å². The number of amides is 1. The lowest BCUT2D eigenvalue weighted by Crippen LogP contribution is -2.42. The Morgan fingerprint density at radius 2 is 2.03 bits per heavy atom. The number of hydrogen-bond acceptors (Lipinski definition) is 5. The van der Waals surface area contributed by atoms with Crippen LogP contribution in [0.15, 0.2) is 30.5 Å². The van der Waals surface area contributed by atoms with E-state index in [9.17, 15) is 23.2 Å². The van der Waals surface area contributed by atoms with Gasteiger partial charge in [-0.1, -0.05) is 11.6 Å². The number of nitriles is 1. The van der Waals surface area contributed by atoms with Crippen molar-refractivity contribution in [3.05, 3.63) is 41.0 Å². The van der Waals surface area contributed by atoms with Crippen molar-refractivity contribution >= 4 is 29.0 Å². The highest BCUT2D eigenvalue weighted by Gasteiger charge is 2.35. The summed E-state index contributed by atoms with van der Waals surface area (Å²) in [7, 11) is 0. The molecular formula is C19H20ClF3N6O. The first kappa shape index (κ1) is 21.9. The van der Waals surface area contributed by atoms with E-state index in [4.69, 9.17) is 17.3 Å². The lowest BCUT2D eigenvalue weighted by atomic mass is 9.82. The van der Waals surface area contributed by atoms with Gasteiger partial charge in [-0.2, -0.15) is 23.5 Å². The van der Waals surface area contributed by atoms with Crippen LogP contribution in [0.1, 0.15) is 35.7 Å². The van der Waals surface area contributed by atoms with Gasteiger partial charge in [-0.15, -0.1) is 0 Å². The third-order valence-electron chi connectivity index (χ3n) is 5.01. The summed E-state index contributed by atoms with van der Waals surface area (Å²) < 4.78 is 38.9. The zero-order valence-electron chi connectivity index (χ0n) is 15.8. The van der Waals surface area contributed by atoms with Crippen LogP contribution in [0.4, 0.5) is 24.7 Å². The van der Waals surface area contributed by atoms with E-state index >= 15 is 0 Å². The van der Waals surface area contributed by atoms with Crippen LogP contribution >= 0.6 is 11.6 Å². The van der Waals surface area contributed by atoms with Gasteiger partial charge in [0, 0.05) is 22.9 Å². The van der Waals surface area contributed by atoms with Crippen molar-refractivity contribution in [3.63, 3.8) is 0 Å². The minimum absolute atomic E-state index is 0.152. The molecule has 4 N–H and O–H groups in total. The van der Waals surface area contributed by atoms with E-state index < -0.39 is 30.6 Å². The Hall–Kier alpha value is -2.77. The van der Waals surface area contributed by atoms with Crippen molar-refractivity contribution in [1.82, 2.24) is 15.1 Å². The minimum atomic E-state index is -4.31. The van der Waals surface area contributed by atoms with Crippen LogP contribution in [0.3, 0.4) is 0 Å². The summed E-state index contributed by atoms with van der Waals surface area (Å²) in [6.45, 7) is -1.09. The Kier molecular flexibility index (Phi) is 6.53. The third-order valence-corrected chi connectivity index (χ3v) is 5.27. The highest BCUT2D eigenvalue weighted by molar-refractivity contribution is 6.30. The summed E-state index contributed by atoms with van der Waals surface area (Å²) in [5, 5.41) is 20.0. The van der Waals surface area contributed by atoms with Gasteiger partial charge in [0.2, 0.25) is 0 Å². The van der Waals surface area contributed by atoms with Gasteiger partial charge in [-0.05, 0) is 43.5 Å². The molecule has 7 nitrogen and oxygen atoms in total. The summed E-state index contributed by atoms with van der Waals surface area (Å²) in [6, 6.07) is 8.14. The Bertz CT molecular complexity index is 937. The maximum atomic E-state index is 12.5. The maximum Gasteiger partial charge on any atom is 0.401 e. The van der Waals surface area contributed by atoms with Crippen molar-refractivity contribution in [2.24, 2.45) is 11.7 Å². The number of nitrogens with zero attached hydrogens (tertiary/aromatic N) is 3. The molecule has 1 aliphatic rings. The third kappa shape index (κ3) is 5.43. The normalized spacial score (nSPS) is 21.8. The van der Waals surface area contributed by atoms with E-state index in [1.807, 2.05) is 0 Å². The van der Waals surface area contributed by atoms with Crippen LogP contribution in [0.5, 0.6) is 0 Å². The van der Waals surface area contributed by atoms with E-state index in [2.05, 4.69) is 21.8 Å². The molecule has 1 saturated carbocycles. The molecule has 1 aromatic carbocycles. The topological polar surface area (TPSA) is 109 Å². The molecule has 0 radical (unpaired) electrons. The summed E-state index contributed by atoms with van der Waals surface area (Å²) >= 11 is 5.87. The second-order valence-corrected chi connectivity index (χ2v) is 7.61. The molecule has 0 aliphatic heterocycles. The molecule has 0 bridgehead atoms. The Balaban J connectivity index is 1.77. The summed E-state index contributed by atoms with van der Waals surface area (Å²) in [5.41, 5.74) is 6.26. The fourth-order valence-electron chi connectivity index (χ4n) is 3.56. The van der Waals surface area contributed by atoms with Gasteiger partial charge >= 0.3 is 6.18 Å². The largest absolute Gasteiger partial charge is 0.401 e. The maximum absolute atomic E-state index is 12.5. The number of anilines is 2. The number of alkyl halides is 3. The molecule has 3 atom stereocenters. The number of nitrogens with two attached hydrogens (primary N) is 1. The van der Waals surface area contributed by atoms with Crippen molar-refractivity contribution in [2.45, 2.75) is 37.5 Å². The Labute approximate surface area is 176 Å².